The van der Waals surface area contributed by atoms with Gasteiger partial charge < -0.3 is 14.4 Å². The first kappa shape index (κ1) is 14.0. The van der Waals surface area contributed by atoms with Crippen LogP contribution in [0.4, 0.5) is 4.79 Å². The Balaban J connectivity index is 2.43. The molecular formula is C13H23NO3. The Morgan fingerprint density at radius 1 is 1.47 bits per heavy atom. The van der Waals surface area contributed by atoms with Crippen LogP contribution in [-0.2, 0) is 9.53 Å². The summed E-state index contributed by atoms with van der Waals surface area (Å²) in [7, 11) is 0. The summed E-state index contributed by atoms with van der Waals surface area (Å²) in [6.07, 6.45) is 4.30. The van der Waals surface area contributed by atoms with E-state index in [1.807, 2.05) is 20.8 Å². The largest absolute Gasteiger partial charge is 0.444 e. The van der Waals surface area contributed by atoms with Gasteiger partial charge in [-0.1, -0.05) is 0 Å². The number of hydrogen-bond donors (Lipinski definition) is 0. The van der Waals surface area contributed by atoms with Crippen LogP contribution in [0.1, 0.15) is 46.5 Å². The maximum absolute atomic E-state index is 11.9. The van der Waals surface area contributed by atoms with Crippen LogP contribution in [0.2, 0.25) is 0 Å². The Bertz CT molecular complexity index is 270. The molecule has 0 aliphatic carbocycles. The number of piperidine rings is 1. The van der Waals surface area contributed by atoms with Crippen molar-refractivity contribution in [3.8, 4) is 0 Å². The highest BCUT2D eigenvalue weighted by atomic mass is 16.6. The predicted molar refractivity (Wildman–Crippen MR) is 65.8 cm³/mol. The molecule has 0 aromatic heterocycles. The van der Waals surface area contributed by atoms with Gasteiger partial charge in [0.25, 0.3) is 0 Å². The fourth-order valence-electron chi connectivity index (χ4n) is 2.10. The van der Waals surface area contributed by atoms with Gasteiger partial charge in [0.05, 0.1) is 0 Å². The summed E-state index contributed by atoms with van der Waals surface area (Å²) >= 11 is 0. The minimum atomic E-state index is -0.438. The van der Waals surface area contributed by atoms with Crippen molar-refractivity contribution in [2.45, 2.75) is 52.1 Å². The highest BCUT2D eigenvalue weighted by Gasteiger charge is 2.27. The van der Waals surface area contributed by atoms with E-state index in [2.05, 4.69) is 0 Å². The third kappa shape index (κ3) is 5.20. The van der Waals surface area contributed by atoms with Gasteiger partial charge in [0, 0.05) is 19.5 Å². The average molecular weight is 241 g/mol. The lowest BCUT2D eigenvalue weighted by atomic mass is 9.94. The van der Waals surface area contributed by atoms with E-state index < -0.39 is 5.60 Å². The molecule has 1 aliphatic heterocycles. The maximum atomic E-state index is 11.9. The molecule has 1 aliphatic rings. The molecule has 4 nitrogen and oxygen atoms in total. The fraction of sp³-hybridized carbons (Fsp3) is 0.846. The van der Waals surface area contributed by atoms with Gasteiger partial charge in [-0.15, -0.1) is 0 Å². The normalized spacial score (nSPS) is 21.1. The maximum Gasteiger partial charge on any atom is 0.410 e. The van der Waals surface area contributed by atoms with E-state index in [0.29, 0.717) is 12.3 Å². The minimum Gasteiger partial charge on any atom is -0.444 e. The van der Waals surface area contributed by atoms with Gasteiger partial charge in [-0.05, 0) is 46.0 Å². The monoisotopic (exact) mass is 241 g/mol. The number of ether oxygens (including phenoxy) is 1. The molecule has 0 N–H and O–H groups in total. The number of hydrogen-bond acceptors (Lipinski definition) is 3. The summed E-state index contributed by atoms with van der Waals surface area (Å²) in [5, 5.41) is 0. The number of rotatable bonds is 3. The fourth-order valence-corrected chi connectivity index (χ4v) is 2.10. The molecule has 1 atom stereocenters. The van der Waals surface area contributed by atoms with E-state index in [1.165, 1.54) is 0 Å². The molecule has 1 amide bonds. The minimum absolute atomic E-state index is 0.228. The molecule has 0 bridgehead atoms. The zero-order chi connectivity index (χ0) is 12.9. The molecule has 1 heterocycles. The van der Waals surface area contributed by atoms with Crippen molar-refractivity contribution in [3.05, 3.63) is 0 Å². The van der Waals surface area contributed by atoms with Crippen molar-refractivity contribution in [3.63, 3.8) is 0 Å². The van der Waals surface area contributed by atoms with Crippen LogP contribution >= 0.6 is 0 Å². The first-order valence-electron chi connectivity index (χ1n) is 6.34. The van der Waals surface area contributed by atoms with E-state index in [1.54, 1.807) is 4.90 Å². The van der Waals surface area contributed by atoms with E-state index in [0.717, 1.165) is 38.6 Å². The second kappa shape index (κ2) is 6.03. The quantitative estimate of drug-likeness (QED) is 0.713. The second-order valence-corrected chi connectivity index (χ2v) is 5.68. The third-order valence-corrected chi connectivity index (χ3v) is 2.86. The number of carbonyl (C=O) groups excluding carboxylic acids is 2. The SMILES string of the molecule is CC(C)(C)OC(=O)N1CCC[C@H](CCC=O)C1. The number of aldehydes is 1. The van der Waals surface area contributed by atoms with Crippen LogP contribution in [-0.4, -0.2) is 36.0 Å². The van der Waals surface area contributed by atoms with Crippen molar-refractivity contribution in [2.24, 2.45) is 5.92 Å². The van der Waals surface area contributed by atoms with Crippen molar-refractivity contribution in [1.29, 1.82) is 0 Å². The molecule has 0 radical (unpaired) electrons. The number of likely N-dealkylation sites (tertiary alicyclic amines) is 1. The smallest absolute Gasteiger partial charge is 0.410 e. The molecule has 1 rings (SSSR count). The van der Waals surface area contributed by atoms with Crippen LogP contribution < -0.4 is 0 Å². The van der Waals surface area contributed by atoms with Crippen LogP contribution in [0.25, 0.3) is 0 Å². The molecule has 1 saturated heterocycles. The zero-order valence-electron chi connectivity index (χ0n) is 11.1. The number of carbonyl (C=O) groups is 2. The van der Waals surface area contributed by atoms with Crippen molar-refractivity contribution < 1.29 is 14.3 Å². The van der Waals surface area contributed by atoms with Gasteiger partial charge >= 0.3 is 6.09 Å². The predicted octanol–water partition coefficient (Wildman–Crippen LogP) is 2.61. The zero-order valence-corrected chi connectivity index (χ0v) is 11.1. The van der Waals surface area contributed by atoms with Crippen LogP contribution in [0.5, 0.6) is 0 Å². The van der Waals surface area contributed by atoms with Crippen LogP contribution in [0.15, 0.2) is 0 Å². The first-order valence-corrected chi connectivity index (χ1v) is 6.34. The third-order valence-electron chi connectivity index (χ3n) is 2.86. The molecule has 17 heavy (non-hydrogen) atoms. The Morgan fingerprint density at radius 2 is 2.18 bits per heavy atom. The Morgan fingerprint density at radius 3 is 2.76 bits per heavy atom. The Kier molecular flexibility index (Phi) is 4.97. The highest BCUT2D eigenvalue weighted by Crippen LogP contribution is 2.22. The van der Waals surface area contributed by atoms with E-state index >= 15 is 0 Å². The molecular weight excluding hydrogens is 218 g/mol. The van der Waals surface area contributed by atoms with Crippen LogP contribution in [0.3, 0.4) is 0 Å². The molecule has 98 valence electrons. The Hall–Kier alpha value is -1.06. The molecule has 4 heteroatoms. The Labute approximate surface area is 103 Å². The molecule has 0 saturated carbocycles. The van der Waals surface area contributed by atoms with Crippen LogP contribution in [0, 0.1) is 5.92 Å². The lowest BCUT2D eigenvalue weighted by molar-refractivity contribution is -0.108. The first-order chi connectivity index (χ1) is 7.92. The van der Waals surface area contributed by atoms with Crippen molar-refractivity contribution in [2.75, 3.05) is 13.1 Å². The summed E-state index contributed by atoms with van der Waals surface area (Å²) in [6.45, 7) is 7.12. The lowest BCUT2D eigenvalue weighted by Crippen LogP contribution is -2.42. The molecule has 0 aromatic carbocycles. The number of nitrogens with zero attached hydrogens (tertiary/aromatic N) is 1. The lowest BCUT2D eigenvalue weighted by Gasteiger charge is -2.34. The highest BCUT2D eigenvalue weighted by molar-refractivity contribution is 5.68. The van der Waals surface area contributed by atoms with E-state index in [9.17, 15) is 9.59 Å². The van der Waals surface area contributed by atoms with E-state index in [-0.39, 0.29) is 6.09 Å². The van der Waals surface area contributed by atoms with Gasteiger partial charge in [-0.25, -0.2) is 4.79 Å². The van der Waals surface area contributed by atoms with E-state index in [4.69, 9.17) is 4.74 Å². The second-order valence-electron chi connectivity index (χ2n) is 5.68. The van der Waals surface area contributed by atoms with Gasteiger partial charge in [-0.3, -0.25) is 0 Å². The number of amides is 1. The van der Waals surface area contributed by atoms with Crippen molar-refractivity contribution >= 4 is 12.4 Å². The average Bonchev–Trinajstić information content (AvgIpc) is 2.24. The molecule has 0 spiro atoms. The van der Waals surface area contributed by atoms with Gasteiger partial charge in [0.2, 0.25) is 0 Å². The topological polar surface area (TPSA) is 46.6 Å². The van der Waals surface area contributed by atoms with Gasteiger partial charge in [0.15, 0.2) is 0 Å². The molecule has 0 unspecified atom stereocenters. The van der Waals surface area contributed by atoms with Gasteiger partial charge in [-0.2, -0.15) is 0 Å². The van der Waals surface area contributed by atoms with Crippen molar-refractivity contribution in [1.82, 2.24) is 4.90 Å². The summed E-state index contributed by atoms with van der Waals surface area (Å²) in [6, 6.07) is 0. The summed E-state index contributed by atoms with van der Waals surface area (Å²) in [5.74, 6) is 0.446. The summed E-state index contributed by atoms with van der Waals surface area (Å²) < 4.78 is 5.35. The molecule has 1 fully saturated rings. The standard InChI is InChI=1S/C13H23NO3/c1-13(2,3)17-12(16)14-8-4-6-11(10-14)7-5-9-15/h9,11H,4-8,10H2,1-3H3/t11-/m1/s1. The summed E-state index contributed by atoms with van der Waals surface area (Å²) in [5.41, 5.74) is -0.438. The summed E-state index contributed by atoms with van der Waals surface area (Å²) in [4.78, 5) is 24.0. The van der Waals surface area contributed by atoms with Gasteiger partial charge in [0.1, 0.15) is 11.9 Å². The molecule has 0 aromatic rings.